The first kappa shape index (κ1) is 17.4. The molecule has 0 radical (unpaired) electrons. The summed E-state index contributed by atoms with van der Waals surface area (Å²) < 4.78 is 32.2. The highest BCUT2D eigenvalue weighted by Gasteiger charge is 2.30. The van der Waals surface area contributed by atoms with Gasteiger partial charge in [0.15, 0.2) is 0 Å². The van der Waals surface area contributed by atoms with E-state index in [0.717, 1.165) is 11.3 Å². The Labute approximate surface area is 143 Å². The molecule has 3 rings (SSSR count). The van der Waals surface area contributed by atoms with Crippen molar-refractivity contribution >= 4 is 21.6 Å². The van der Waals surface area contributed by atoms with Crippen LogP contribution in [0.2, 0.25) is 0 Å². The molecule has 0 N–H and O–H groups in total. The van der Waals surface area contributed by atoms with Crippen molar-refractivity contribution in [2.75, 3.05) is 37.7 Å². The van der Waals surface area contributed by atoms with Gasteiger partial charge >= 0.3 is 0 Å². The maximum atomic E-state index is 12.7. The number of amides is 1. The number of rotatable bonds is 4. The molecule has 6 nitrogen and oxygen atoms in total. The van der Waals surface area contributed by atoms with Crippen LogP contribution in [0.25, 0.3) is 0 Å². The number of hydrogen-bond donors (Lipinski definition) is 0. The minimum absolute atomic E-state index is 0.104. The number of carbonyl (C=O) groups is 1. The molecule has 0 aromatic heterocycles. The van der Waals surface area contributed by atoms with Gasteiger partial charge in [0.25, 0.3) is 0 Å². The van der Waals surface area contributed by atoms with Crippen LogP contribution in [0.15, 0.2) is 23.1 Å². The van der Waals surface area contributed by atoms with Gasteiger partial charge in [0, 0.05) is 31.7 Å². The van der Waals surface area contributed by atoms with E-state index in [-0.39, 0.29) is 5.91 Å². The molecule has 1 fully saturated rings. The second kappa shape index (κ2) is 6.82. The zero-order valence-corrected chi connectivity index (χ0v) is 15.0. The van der Waals surface area contributed by atoms with E-state index >= 15 is 0 Å². The Balaban J connectivity index is 1.84. The van der Waals surface area contributed by atoms with Crippen LogP contribution in [0.1, 0.15) is 25.8 Å². The lowest BCUT2D eigenvalue weighted by Gasteiger charge is -2.26. The molecular formula is C17H24N2O4S. The van der Waals surface area contributed by atoms with E-state index in [0.29, 0.717) is 56.5 Å². The Hall–Kier alpha value is -1.44. The van der Waals surface area contributed by atoms with Crippen LogP contribution < -0.4 is 4.90 Å². The minimum atomic E-state index is -3.49. The van der Waals surface area contributed by atoms with Crippen molar-refractivity contribution in [1.29, 1.82) is 0 Å². The maximum absolute atomic E-state index is 12.7. The van der Waals surface area contributed by atoms with Crippen LogP contribution in [0.3, 0.4) is 0 Å². The molecule has 1 saturated heterocycles. The van der Waals surface area contributed by atoms with E-state index in [1.54, 1.807) is 23.1 Å². The van der Waals surface area contributed by atoms with Crippen LogP contribution in [-0.2, 0) is 26.0 Å². The molecule has 7 heteroatoms. The molecule has 0 atom stereocenters. The molecule has 1 aromatic rings. The highest BCUT2D eigenvalue weighted by molar-refractivity contribution is 7.89. The molecule has 0 spiro atoms. The normalized spacial score (nSPS) is 18.9. The van der Waals surface area contributed by atoms with Crippen LogP contribution in [0.5, 0.6) is 0 Å². The van der Waals surface area contributed by atoms with Gasteiger partial charge in [-0.1, -0.05) is 13.8 Å². The van der Waals surface area contributed by atoms with Gasteiger partial charge in [0.1, 0.15) is 0 Å². The van der Waals surface area contributed by atoms with E-state index < -0.39 is 10.0 Å². The van der Waals surface area contributed by atoms with Crippen molar-refractivity contribution in [2.45, 2.75) is 31.6 Å². The SMILES string of the molecule is CC(C)CC(=O)N1CCc2cc(S(=O)(=O)N3CCOCC3)ccc21. The third kappa shape index (κ3) is 3.34. The molecule has 2 aliphatic heterocycles. The Morgan fingerprint density at radius 1 is 1.21 bits per heavy atom. The number of anilines is 1. The predicted octanol–water partition coefficient (Wildman–Crippen LogP) is 1.64. The lowest BCUT2D eigenvalue weighted by atomic mass is 10.1. The van der Waals surface area contributed by atoms with Crippen molar-refractivity contribution < 1.29 is 17.9 Å². The Kier molecular flexibility index (Phi) is 4.94. The topological polar surface area (TPSA) is 66.9 Å². The summed E-state index contributed by atoms with van der Waals surface area (Å²) in [6.45, 7) is 6.31. The van der Waals surface area contributed by atoms with Crippen LogP contribution in [0, 0.1) is 5.92 Å². The first-order valence-corrected chi connectivity index (χ1v) is 9.85. The van der Waals surface area contributed by atoms with E-state index in [1.165, 1.54) is 4.31 Å². The molecule has 132 valence electrons. The number of hydrogen-bond acceptors (Lipinski definition) is 4. The van der Waals surface area contributed by atoms with Gasteiger partial charge in [-0.25, -0.2) is 8.42 Å². The summed E-state index contributed by atoms with van der Waals surface area (Å²) in [4.78, 5) is 14.4. The average molecular weight is 352 g/mol. The fourth-order valence-corrected chi connectivity index (χ4v) is 4.65. The average Bonchev–Trinajstić information content (AvgIpc) is 2.98. The molecule has 0 saturated carbocycles. The summed E-state index contributed by atoms with van der Waals surface area (Å²) in [5.41, 5.74) is 1.78. The number of fused-ring (bicyclic) bond motifs is 1. The van der Waals surface area contributed by atoms with Crippen molar-refractivity contribution in [2.24, 2.45) is 5.92 Å². The van der Waals surface area contributed by atoms with Crippen LogP contribution >= 0.6 is 0 Å². The van der Waals surface area contributed by atoms with Gasteiger partial charge < -0.3 is 9.64 Å². The van der Waals surface area contributed by atoms with Crippen LogP contribution in [0.4, 0.5) is 5.69 Å². The summed E-state index contributed by atoms with van der Waals surface area (Å²) in [6, 6.07) is 5.11. The number of sulfonamides is 1. The van der Waals surface area contributed by atoms with Crippen molar-refractivity contribution in [3.63, 3.8) is 0 Å². The lowest BCUT2D eigenvalue weighted by Crippen LogP contribution is -2.40. The van der Waals surface area contributed by atoms with Gasteiger partial charge in [-0.15, -0.1) is 0 Å². The molecular weight excluding hydrogens is 328 g/mol. The molecule has 0 bridgehead atoms. The first-order chi connectivity index (χ1) is 11.4. The van der Waals surface area contributed by atoms with Gasteiger partial charge in [-0.3, -0.25) is 4.79 Å². The Morgan fingerprint density at radius 3 is 2.58 bits per heavy atom. The Bertz CT molecular complexity index is 724. The summed E-state index contributed by atoms with van der Waals surface area (Å²) >= 11 is 0. The fourth-order valence-electron chi connectivity index (χ4n) is 3.19. The number of benzene rings is 1. The summed E-state index contributed by atoms with van der Waals surface area (Å²) in [6.07, 6.45) is 1.21. The number of ether oxygens (including phenoxy) is 1. The predicted molar refractivity (Wildman–Crippen MR) is 91.5 cm³/mol. The second-order valence-corrected chi connectivity index (χ2v) is 8.64. The van der Waals surface area contributed by atoms with Gasteiger partial charge in [0.05, 0.1) is 18.1 Å². The van der Waals surface area contributed by atoms with E-state index in [2.05, 4.69) is 0 Å². The molecule has 1 aromatic carbocycles. The van der Waals surface area contributed by atoms with Gasteiger partial charge in [-0.05, 0) is 36.1 Å². The van der Waals surface area contributed by atoms with E-state index in [4.69, 9.17) is 4.74 Å². The zero-order chi connectivity index (χ0) is 17.3. The lowest BCUT2D eigenvalue weighted by molar-refractivity contribution is -0.119. The zero-order valence-electron chi connectivity index (χ0n) is 14.2. The highest BCUT2D eigenvalue weighted by atomic mass is 32.2. The quantitative estimate of drug-likeness (QED) is 0.826. The molecule has 2 aliphatic rings. The van der Waals surface area contributed by atoms with Crippen molar-refractivity contribution in [3.8, 4) is 0 Å². The van der Waals surface area contributed by atoms with E-state index in [1.807, 2.05) is 13.8 Å². The molecule has 2 heterocycles. The van der Waals surface area contributed by atoms with Crippen molar-refractivity contribution in [1.82, 2.24) is 4.31 Å². The second-order valence-electron chi connectivity index (χ2n) is 6.70. The number of nitrogens with zero attached hydrogens (tertiary/aromatic N) is 2. The summed E-state index contributed by atoms with van der Waals surface area (Å²) in [5, 5.41) is 0. The minimum Gasteiger partial charge on any atom is -0.379 e. The molecule has 0 unspecified atom stereocenters. The fraction of sp³-hybridized carbons (Fsp3) is 0.588. The summed E-state index contributed by atoms with van der Waals surface area (Å²) in [7, 11) is -3.49. The maximum Gasteiger partial charge on any atom is 0.243 e. The third-order valence-electron chi connectivity index (χ3n) is 4.44. The largest absolute Gasteiger partial charge is 0.379 e. The van der Waals surface area contributed by atoms with Gasteiger partial charge in [0.2, 0.25) is 15.9 Å². The summed E-state index contributed by atoms with van der Waals surface area (Å²) in [5.74, 6) is 0.412. The molecule has 0 aliphatic carbocycles. The first-order valence-electron chi connectivity index (χ1n) is 8.41. The van der Waals surface area contributed by atoms with Crippen LogP contribution in [-0.4, -0.2) is 51.5 Å². The Morgan fingerprint density at radius 2 is 1.92 bits per heavy atom. The standard InChI is InChI=1S/C17H24N2O4S/c1-13(2)11-17(20)19-6-5-14-12-15(3-4-16(14)19)24(21,22)18-7-9-23-10-8-18/h3-4,12-13H,5-11H2,1-2H3. The van der Waals surface area contributed by atoms with Gasteiger partial charge in [-0.2, -0.15) is 4.31 Å². The number of carbonyl (C=O) groups excluding carboxylic acids is 1. The smallest absolute Gasteiger partial charge is 0.243 e. The third-order valence-corrected chi connectivity index (χ3v) is 6.33. The highest BCUT2D eigenvalue weighted by Crippen LogP contribution is 2.32. The molecule has 24 heavy (non-hydrogen) atoms. The number of morpholine rings is 1. The van der Waals surface area contributed by atoms with E-state index in [9.17, 15) is 13.2 Å². The molecule has 1 amide bonds. The monoisotopic (exact) mass is 352 g/mol. The van der Waals surface area contributed by atoms with Crippen molar-refractivity contribution in [3.05, 3.63) is 23.8 Å².